The summed E-state index contributed by atoms with van der Waals surface area (Å²) < 4.78 is 4.82. The summed E-state index contributed by atoms with van der Waals surface area (Å²) in [6, 6.07) is 7.97. The van der Waals surface area contributed by atoms with Gasteiger partial charge in [0.2, 0.25) is 11.9 Å². The van der Waals surface area contributed by atoms with Gasteiger partial charge in [0, 0.05) is 18.4 Å². The number of ether oxygens (including phenoxy) is 1. The topological polar surface area (TPSA) is 63.6 Å². The van der Waals surface area contributed by atoms with Gasteiger partial charge in [0.15, 0.2) is 6.10 Å². The summed E-state index contributed by atoms with van der Waals surface area (Å²) in [5, 5.41) is 9.26. The molecule has 4 heteroatoms. The fourth-order valence-corrected chi connectivity index (χ4v) is 2.43. The summed E-state index contributed by atoms with van der Waals surface area (Å²) in [5.41, 5.74) is 2.13. The van der Waals surface area contributed by atoms with Crippen molar-refractivity contribution >= 4 is 11.8 Å². The SMILES string of the molecule is CCCC=CCc1ccccc1C#CCCC1OC(=O)C(O)C1=O. The normalized spacial score (nSPS) is 20.1. The van der Waals surface area contributed by atoms with Crippen molar-refractivity contribution in [3.8, 4) is 11.8 Å². The van der Waals surface area contributed by atoms with Crippen LogP contribution < -0.4 is 0 Å². The third kappa shape index (κ3) is 4.81. The third-order valence-electron chi connectivity index (χ3n) is 3.80. The molecule has 0 spiro atoms. The lowest BCUT2D eigenvalue weighted by Gasteiger charge is -2.03. The van der Waals surface area contributed by atoms with Crippen LogP contribution in [0.3, 0.4) is 0 Å². The van der Waals surface area contributed by atoms with Gasteiger partial charge in [-0.1, -0.05) is 55.5 Å². The number of unbranched alkanes of at least 4 members (excludes halogenated alkanes) is 1. The zero-order valence-electron chi connectivity index (χ0n) is 13.8. The van der Waals surface area contributed by atoms with E-state index in [1.54, 1.807) is 0 Å². The highest BCUT2D eigenvalue weighted by Gasteiger charge is 2.41. The van der Waals surface area contributed by atoms with E-state index < -0.39 is 24.0 Å². The van der Waals surface area contributed by atoms with E-state index in [1.165, 1.54) is 0 Å². The minimum Gasteiger partial charge on any atom is -0.452 e. The van der Waals surface area contributed by atoms with E-state index in [2.05, 4.69) is 37.0 Å². The van der Waals surface area contributed by atoms with Crippen LogP contribution in [-0.4, -0.2) is 29.1 Å². The standard InChI is InChI=1S/C20H22O4/c1-2-3-4-5-10-15-11-6-7-12-16(15)13-8-9-14-17-18(21)19(22)20(23)24-17/h4-7,11-12,17,19,22H,2-3,9-10,14H2,1H3. The average molecular weight is 326 g/mol. The van der Waals surface area contributed by atoms with Crippen molar-refractivity contribution in [2.24, 2.45) is 0 Å². The number of benzene rings is 1. The van der Waals surface area contributed by atoms with Crippen molar-refractivity contribution in [1.29, 1.82) is 0 Å². The van der Waals surface area contributed by atoms with Gasteiger partial charge in [0.05, 0.1) is 0 Å². The molecule has 1 heterocycles. The summed E-state index contributed by atoms with van der Waals surface area (Å²) in [6.07, 6.45) is 5.63. The number of allylic oxidation sites excluding steroid dienone is 2. The first-order valence-electron chi connectivity index (χ1n) is 8.27. The summed E-state index contributed by atoms with van der Waals surface area (Å²) in [6.45, 7) is 2.15. The summed E-state index contributed by atoms with van der Waals surface area (Å²) >= 11 is 0. The fraction of sp³-hybridized carbons (Fsp3) is 0.400. The molecule has 0 bridgehead atoms. The summed E-state index contributed by atoms with van der Waals surface area (Å²) in [5.74, 6) is 4.71. The van der Waals surface area contributed by atoms with Crippen molar-refractivity contribution < 1.29 is 19.4 Å². The number of Topliss-reactive ketones (excluding diaryl/α,β-unsaturated/α-hetero) is 1. The van der Waals surface area contributed by atoms with Gasteiger partial charge >= 0.3 is 5.97 Å². The average Bonchev–Trinajstić information content (AvgIpc) is 2.83. The predicted octanol–water partition coefficient (Wildman–Crippen LogP) is 2.57. The van der Waals surface area contributed by atoms with Crippen LogP contribution in [0.5, 0.6) is 0 Å². The lowest BCUT2D eigenvalue weighted by Crippen LogP contribution is -2.24. The molecule has 2 rings (SSSR count). The molecule has 0 radical (unpaired) electrons. The second-order valence-electron chi connectivity index (χ2n) is 5.69. The van der Waals surface area contributed by atoms with Crippen LogP contribution in [0.25, 0.3) is 0 Å². The zero-order valence-corrected chi connectivity index (χ0v) is 13.8. The number of rotatable bonds is 6. The van der Waals surface area contributed by atoms with E-state index in [0.717, 1.165) is 30.4 Å². The number of aliphatic hydroxyl groups is 1. The van der Waals surface area contributed by atoms with Gasteiger partial charge in [-0.2, -0.15) is 0 Å². The summed E-state index contributed by atoms with van der Waals surface area (Å²) in [4.78, 5) is 22.7. The van der Waals surface area contributed by atoms with Gasteiger partial charge in [0.25, 0.3) is 0 Å². The van der Waals surface area contributed by atoms with Gasteiger partial charge in [-0.05, 0) is 24.5 Å². The second kappa shape index (κ2) is 9.05. The summed E-state index contributed by atoms with van der Waals surface area (Å²) in [7, 11) is 0. The number of carbonyl (C=O) groups excluding carboxylic acids is 2. The van der Waals surface area contributed by atoms with Crippen LogP contribution in [0, 0.1) is 11.8 Å². The zero-order chi connectivity index (χ0) is 17.4. The van der Waals surface area contributed by atoms with Gasteiger partial charge < -0.3 is 9.84 Å². The monoisotopic (exact) mass is 326 g/mol. The van der Waals surface area contributed by atoms with E-state index in [9.17, 15) is 14.7 Å². The fourth-order valence-electron chi connectivity index (χ4n) is 2.43. The van der Waals surface area contributed by atoms with Gasteiger partial charge in [-0.15, -0.1) is 0 Å². The molecule has 4 nitrogen and oxygen atoms in total. The molecular weight excluding hydrogens is 304 g/mol. The molecule has 24 heavy (non-hydrogen) atoms. The van der Waals surface area contributed by atoms with Crippen LogP contribution in [0.1, 0.15) is 43.7 Å². The lowest BCUT2D eigenvalue weighted by molar-refractivity contribution is -0.147. The number of cyclic esters (lactones) is 1. The number of hydrogen-bond acceptors (Lipinski definition) is 4. The van der Waals surface area contributed by atoms with E-state index in [0.29, 0.717) is 12.8 Å². The first-order chi connectivity index (χ1) is 11.6. The largest absolute Gasteiger partial charge is 0.452 e. The van der Waals surface area contributed by atoms with Crippen molar-refractivity contribution in [1.82, 2.24) is 0 Å². The van der Waals surface area contributed by atoms with Gasteiger partial charge in [-0.3, -0.25) is 4.79 Å². The smallest absolute Gasteiger partial charge is 0.343 e. The molecule has 126 valence electrons. The van der Waals surface area contributed by atoms with Crippen molar-refractivity contribution in [3.05, 3.63) is 47.5 Å². The Kier molecular flexibility index (Phi) is 6.77. The Hall–Kier alpha value is -2.38. The first-order valence-corrected chi connectivity index (χ1v) is 8.27. The molecule has 1 aromatic carbocycles. The molecular formula is C20H22O4. The maximum Gasteiger partial charge on any atom is 0.343 e. The van der Waals surface area contributed by atoms with Crippen LogP contribution in [0.4, 0.5) is 0 Å². The number of hydrogen-bond donors (Lipinski definition) is 1. The molecule has 1 aliphatic heterocycles. The molecule has 2 unspecified atom stereocenters. The minimum absolute atomic E-state index is 0.313. The maximum absolute atomic E-state index is 11.6. The molecule has 2 atom stereocenters. The van der Waals surface area contributed by atoms with E-state index in [4.69, 9.17) is 4.74 Å². The van der Waals surface area contributed by atoms with Crippen molar-refractivity contribution in [2.45, 2.75) is 51.2 Å². The molecule has 1 N–H and O–H groups in total. The maximum atomic E-state index is 11.6. The van der Waals surface area contributed by atoms with Gasteiger partial charge in [-0.25, -0.2) is 4.79 Å². The van der Waals surface area contributed by atoms with Crippen LogP contribution in [0.15, 0.2) is 36.4 Å². The lowest BCUT2D eigenvalue weighted by atomic mass is 10.0. The minimum atomic E-state index is -1.63. The molecule has 0 saturated carbocycles. The third-order valence-corrected chi connectivity index (χ3v) is 3.80. The van der Waals surface area contributed by atoms with E-state index in [-0.39, 0.29) is 0 Å². The Morgan fingerprint density at radius 1 is 1.25 bits per heavy atom. The molecule has 1 aromatic rings. The van der Waals surface area contributed by atoms with Crippen LogP contribution in [0.2, 0.25) is 0 Å². The Morgan fingerprint density at radius 2 is 2.04 bits per heavy atom. The Bertz CT molecular complexity index is 678. The Morgan fingerprint density at radius 3 is 2.75 bits per heavy atom. The number of esters is 1. The number of carbonyl (C=O) groups is 2. The van der Waals surface area contributed by atoms with Crippen LogP contribution >= 0.6 is 0 Å². The second-order valence-corrected chi connectivity index (χ2v) is 5.69. The highest BCUT2D eigenvalue weighted by atomic mass is 16.6. The van der Waals surface area contributed by atoms with Crippen molar-refractivity contribution in [3.63, 3.8) is 0 Å². The van der Waals surface area contributed by atoms with E-state index in [1.807, 2.05) is 18.2 Å². The molecule has 0 aliphatic carbocycles. The Balaban J connectivity index is 1.91. The molecule has 1 fully saturated rings. The molecule has 1 saturated heterocycles. The molecule has 0 amide bonds. The van der Waals surface area contributed by atoms with Crippen LogP contribution in [-0.2, 0) is 20.7 Å². The number of ketones is 1. The van der Waals surface area contributed by atoms with Gasteiger partial charge in [0.1, 0.15) is 0 Å². The predicted molar refractivity (Wildman–Crippen MR) is 91.2 cm³/mol. The molecule has 0 aromatic heterocycles. The molecule has 1 aliphatic rings. The first kappa shape index (κ1) is 18.0. The quantitative estimate of drug-likeness (QED) is 0.378. The Labute approximate surface area is 142 Å². The number of aliphatic hydroxyl groups excluding tert-OH is 1. The van der Waals surface area contributed by atoms with E-state index >= 15 is 0 Å². The van der Waals surface area contributed by atoms with Crippen molar-refractivity contribution in [2.75, 3.05) is 0 Å². The highest BCUT2D eigenvalue weighted by Crippen LogP contribution is 2.15. The highest BCUT2D eigenvalue weighted by molar-refractivity contribution is 6.08.